The molecule has 0 amide bonds. The summed E-state index contributed by atoms with van der Waals surface area (Å²) in [7, 11) is 1.88. The van der Waals surface area contributed by atoms with Gasteiger partial charge in [-0.2, -0.15) is 0 Å². The Hall–Kier alpha value is -0.120. The molecule has 3 N–H and O–H groups in total. The Labute approximate surface area is 61.8 Å². The lowest BCUT2D eigenvalue weighted by molar-refractivity contribution is 0.114. The maximum atomic E-state index is 9.15. The maximum Gasteiger partial charge on any atom is 0.0541 e. The van der Waals surface area contributed by atoms with E-state index < -0.39 is 0 Å². The lowest BCUT2D eigenvalue weighted by Crippen LogP contribution is -2.41. The summed E-state index contributed by atoms with van der Waals surface area (Å²) in [5, 5.41) is 9.15. The van der Waals surface area contributed by atoms with E-state index >= 15 is 0 Å². The van der Waals surface area contributed by atoms with Crippen LogP contribution < -0.4 is 10.9 Å². The number of aliphatic hydroxyl groups is 1. The highest BCUT2D eigenvalue weighted by atomic mass is 16.3. The molecule has 0 atom stereocenters. The van der Waals surface area contributed by atoms with E-state index in [1.54, 1.807) is 0 Å². The quantitative estimate of drug-likeness (QED) is 0.478. The highest BCUT2D eigenvalue weighted by Gasteiger charge is 2.17. The predicted octanol–water partition coefficient (Wildman–Crippen LogP) is 0.0139. The van der Waals surface area contributed by atoms with Gasteiger partial charge < -0.3 is 5.11 Å². The summed E-state index contributed by atoms with van der Waals surface area (Å²) >= 11 is 0. The van der Waals surface area contributed by atoms with Gasteiger partial charge in [-0.15, -0.1) is 0 Å². The molecular formula is C7H16N2O. The molecule has 0 aromatic heterocycles. The Morgan fingerprint density at radius 1 is 1.20 bits per heavy atom. The summed E-state index contributed by atoms with van der Waals surface area (Å²) in [6.07, 6.45) is 4.01. The van der Waals surface area contributed by atoms with Gasteiger partial charge in [0.2, 0.25) is 0 Å². The average Bonchev–Trinajstić information content (AvgIpc) is 1.95. The van der Waals surface area contributed by atoms with Gasteiger partial charge in [0.05, 0.1) is 6.10 Å². The van der Waals surface area contributed by atoms with Crippen LogP contribution >= 0.6 is 0 Å². The molecule has 3 nitrogen and oxygen atoms in total. The van der Waals surface area contributed by atoms with Gasteiger partial charge in [-0.05, 0) is 32.7 Å². The van der Waals surface area contributed by atoms with E-state index in [9.17, 15) is 0 Å². The predicted molar refractivity (Wildman–Crippen MR) is 40.5 cm³/mol. The molecule has 0 saturated heterocycles. The van der Waals surface area contributed by atoms with Crippen molar-refractivity contribution in [3.63, 3.8) is 0 Å². The van der Waals surface area contributed by atoms with Crippen LogP contribution in [0, 0.1) is 0 Å². The lowest BCUT2D eigenvalue weighted by atomic mass is 9.94. The van der Waals surface area contributed by atoms with Crippen molar-refractivity contribution >= 4 is 0 Å². The molecule has 1 rings (SSSR count). The molecule has 0 radical (unpaired) electrons. The van der Waals surface area contributed by atoms with Crippen LogP contribution in [0.15, 0.2) is 0 Å². The summed E-state index contributed by atoms with van der Waals surface area (Å²) in [4.78, 5) is 0. The van der Waals surface area contributed by atoms with Crippen molar-refractivity contribution in [2.24, 2.45) is 0 Å². The fraction of sp³-hybridized carbons (Fsp3) is 1.00. The van der Waals surface area contributed by atoms with E-state index in [0.29, 0.717) is 6.04 Å². The van der Waals surface area contributed by atoms with Crippen LogP contribution in [0.1, 0.15) is 25.7 Å². The smallest absolute Gasteiger partial charge is 0.0541 e. The van der Waals surface area contributed by atoms with Crippen molar-refractivity contribution in [2.75, 3.05) is 7.05 Å². The second-order valence-corrected chi connectivity index (χ2v) is 2.90. The first kappa shape index (κ1) is 7.98. The topological polar surface area (TPSA) is 44.3 Å². The minimum absolute atomic E-state index is 0.0464. The average molecular weight is 144 g/mol. The van der Waals surface area contributed by atoms with Crippen LogP contribution in [0.25, 0.3) is 0 Å². The first-order valence-electron chi connectivity index (χ1n) is 3.93. The van der Waals surface area contributed by atoms with Gasteiger partial charge in [0.25, 0.3) is 0 Å². The first-order chi connectivity index (χ1) is 4.83. The van der Waals surface area contributed by atoms with Gasteiger partial charge in [0, 0.05) is 6.04 Å². The van der Waals surface area contributed by atoms with E-state index in [1.807, 2.05) is 7.05 Å². The van der Waals surface area contributed by atoms with Crippen molar-refractivity contribution in [1.29, 1.82) is 0 Å². The van der Waals surface area contributed by atoms with Crippen LogP contribution in [0.5, 0.6) is 0 Å². The third-order valence-electron chi connectivity index (χ3n) is 2.05. The molecule has 0 spiro atoms. The highest BCUT2D eigenvalue weighted by Crippen LogP contribution is 2.17. The molecule has 1 fully saturated rings. The van der Waals surface area contributed by atoms with Crippen molar-refractivity contribution < 1.29 is 5.11 Å². The molecule has 60 valence electrons. The zero-order valence-electron chi connectivity index (χ0n) is 6.43. The molecular weight excluding hydrogens is 128 g/mol. The summed E-state index contributed by atoms with van der Waals surface area (Å²) in [6.45, 7) is 0. The maximum absolute atomic E-state index is 9.15. The molecule has 0 aromatic carbocycles. The zero-order chi connectivity index (χ0) is 7.40. The van der Waals surface area contributed by atoms with E-state index in [4.69, 9.17) is 5.11 Å². The van der Waals surface area contributed by atoms with Crippen molar-refractivity contribution in [1.82, 2.24) is 10.9 Å². The number of hydrazine groups is 1. The van der Waals surface area contributed by atoms with Gasteiger partial charge in [0.15, 0.2) is 0 Å². The molecule has 0 heterocycles. The summed E-state index contributed by atoms with van der Waals surface area (Å²) in [6, 6.07) is 0.563. The Morgan fingerprint density at radius 2 is 1.80 bits per heavy atom. The van der Waals surface area contributed by atoms with E-state index in [0.717, 1.165) is 25.7 Å². The van der Waals surface area contributed by atoms with E-state index in [1.165, 1.54) is 0 Å². The van der Waals surface area contributed by atoms with Crippen LogP contribution in [0.3, 0.4) is 0 Å². The minimum atomic E-state index is -0.0464. The van der Waals surface area contributed by atoms with Gasteiger partial charge in [-0.1, -0.05) is 0 Å². The van der Waals surface area contributed by atoms with E-state index in [2.05, 4.69) is 10.9 Å². The Kier molecular flexibility index (Phi) is 3.12. The highest BCUT2D eigenvalue weighted by molar-refractivity contribution is 4.74. The van der Waals surface area contributed by atoms with Gasteiger partial charge in [-0.25, -0.2) is 0 Å². The molecule has 10 heavy (non-hydrogen) atoms. The molecule has 0 aromatic rings. The summed E-state index contributed by atoms with van der Waals surface area (Å²) < 4.78 is 0. The molecule has 3 heteroatoms. The third kappa shape index (κ3) is 2.25. The van der Waals surface area contributed by atoms with Crippen LogP contribution in [-0.2, 0) is 0 Å². The van der Waals surface area contributed by atoms with Crippen molar-refractivity contribution in [3.05, 3.63) is 0 Å². The zero-order valence-corrected chi connectivity index (χ0v) is 6.43. The van der Waals surface area contributed by atoms with Crippen LogP contribution in [-0.4, -0.2) is 24.3 Å². The number of nitrogens with one attached hydrogen (secondary N) is 2. The van der Waals surface area contributed by atoms with Crippen LogP contribution in [0.2, 0.25) is 0 Å². The van der Waals surface area contributed by atoms with Gasteiger partial charge in [-0.3, -0.25) is 10.9 Å². The molecule has 1 aliphatic carbocycles. The standard InChI is InChI=1S/C7H16N2O/c1-8-9-6-2-4-7(10)5-3-6/h6-10H,2-5H2,1H3. The molecule has 0 aliphatic heterocycles. The Bertz CT molecular complexity index is 89.6. The van der Waals surface area contributed by atoms with E-state index in [-0.39, 0.29) is 6.10 Å². The van der Waals surface area contributed by atoms with Gasteiger partial charge >= 0.3 is 0 Å². The number of hydrogen-bond donors (Lipinski definition) is 3. The molecule has 0 unspecified atom stereocenters. The first-order valence-corrected chi connectivity index (χ1v) is 3.93. The third-order valence-corrected chi connectivity index (χ3v) is 2.05. The fourth-order valence-corrected chi connectivity index (χ4v) is 1.42. The Balaban J connectivity index is 2.13. The fourth-order valence-electron chi connectivity index (χ4n) is 1.42. The van der Waals surface area contributed by atoms with Crippen LogP contribution in [0.4, 0.5) is 0 Å². The molecule has 0 bridgehead atoms. The second-order valence-electron chi connectivity index (χ2n) is 2.90. The normalized spacial score (nSPS) is 34.2. The number of hydrogen-bond acceptors (Lipinski definition) is 3. The Morgan fingerprint density at radius 3 is 2.30 bits per heavy atom. The SMILES string of the molecule is CNNC1CCC(O)CC1. The monoisotopic (exact) mass is 144 g/mol. The van der Waals surface area contributed by atoms with Gasteiger partial charge in [0.1, 0.15) is 0 Å². The number of rotatable bonds is 2. The number of aliphatic hydroxyl groups excluding tert-OH is 1. The second kappa shape index (κ2) is 3.91. The molecule has 1 aliphatic rings. The minimum Gasteiger partial charge on any atom is -0.393 e. The molecule has 1 saturated carbocycles. The summed E-state index contributed by atoms with van der Waals surface area (Å²) in [5.41, 5.74) is 6.06. The van der Waals surface area contributed by atoms with Crippen molar-refractivity contribution in [2.45, 2.75) is 37.8 Å². The van der Waals surface area contributed by atoms with Crippen molar-refractivity contribution in [3.8, 4) is 0 Å². The largest absolute Gasteiger partial charge is 0.393 e. The lowest BCUT2D eigenvalue weighted by Gasteiger charge is -2.25. The summed E-state index contributed by atoms with van der Waals surface area (Å²) in [5.74, 6) is 0.